The van der Waals surface area contributed by atoms with E-state index in [0.29, 0.717) is 19.0 Å². The van der Waals surface area contributed by atoms with Crippen LogP contribution in [0.15, 0.2) is 24.4 Å². The molecular weight excluding hydrogens is 346 g/mol. The van der Waals surface area contributed by atoms with E-state index in [1.54, 1.807) is 13.3 Å². The number of nitrogens with zero attached hydrogens (tertiary/aromatic N) is 5. The van der Waals surface area contributed by atoms with Crippen LogP contribution in [0.4, 0.5) is 10.6 Å². The molecule has 1 fully saturated rings. The lowest BCUT2D eigenvalue weighted by atomic mass is 10.1. The Morgan fingerprint density at radius 3 is 2.89 bits per heavy atom. The zero-order valence-corrected chi connectivity index (χ0v) is 15.5. The molecule has 2 unspecified atom stereocenters. The van der Waals surface area contributed by atoms with Gasteiger partial charge in [0.15, 0.2) is 5.82 Å². The Morgan fingerprint density at radius 1 is 1.26 bits per heavy atom. The highest BCUT2D eigenvalue weighted by Gasteiger charge is 2.27. The predicted molar refractivity (Wildman–Crippen MR) is 99.4 cm³/mol. The number of amides is 2. The highest BCUT2D eigenvalue weighted by atomic mass is 16.5. The number of carbonyl (C=O) groups excluding carboxylic acids is 1. The number of hydrogen-bond donors (Lipinski definition) is 2. The summed E-state index contributed by atoms with van der Waals surface area (Å²) in [6, 6.07) is 5.96. The van der Waals surface area contributed by atoms with Crippen LogP contribution >= 0.6 is 0 Å². The van der Waals surface area contributed by atoms with Gasteiger partial charge in [-0.1, -0.05) is 6.07 Å². The first kappa shape index (κ1) is 17.7. The van der Waals surface area contributed by atoms with Crippen molar-refractivity contribution in [2.24, 2.45) is 0 Å². The topological polar surface area (TPSA) is 97.2 Å². The number of urea groups is 1. The van der Waals surface area contributed by atoms with E-state index in [0.717, 1.165) is 44.0 Å². The van der Waals surface area contributed by atoms with Crippen molar-refractivity contribution in [2.45, 2.75) is 44.5 Å². The van der Waals surface area contributed by atoms with Gasteiger partial charge in [0.05, 0.1) is 12.6 Å². The molecule has 0 bridgehead atoms. The van der Waals surface area contributed by atoms with Gasteiger partial charge in [-0.25, -0.2) is 19.4 Å². The number of aromatic nitrogens is 4. The minimum atomic E-state index is -0.117. The van der Waals surface area contributed by atoms with E-state index in [4.69, 9.17) is 4.74 Å². The van der Waals surface area contributed by atoms with E-state index < -0.39 is 0 Å². The van der Waals surface area contributed by atoms with Crippen LogP contribution in [0.3, 0.4) is 0 Å². The van der Waals surface area contributed by atoms with Crippen LogP contribution in [0.25, 0.3) is 0 Å². The van der Waals surface area contributed by atoms with Gasteiger partial charge in [0.2, 0.25) is 0 Å². The summed E-state index contributed by atoms with van der Waals surface area (Å²) < 4.78 is 6.96. The monoisotopic (exact) mass is 371 g/mol. The van der Waals surface area contributed by atoms with Gasteiger partial charge in [0.1, 0.15) is 18.2 Å². The summed E-state index contributed by atoms with van der Waals surface area (Å²) in [6.45, 7) is 2.73. The zero-order valence-electron chi connectivity index (χ0n) is 15.5. The highest BCUT2D eigenvalue weighted by molar-refractivity contribution is 5.74. The van der Waals surface area contributed by atoms with Crippen molar-refractivity contribution >= 4 is 11.8 Å². The van der Waals surface area contributed by atoms with E-state index >= 15 is 0 Å². The van der Waals surface area contributed by atoms with Gasteiger partial charge < -0.3 is 20.3 Å². The minimum absolute atomic E-state index is 0.0582. The van der Waals surface area contributed by atoms with Crippen molar-refractivity contribution in [1.82, 2.24) is 30.4 Å². The Hall–Kier alpha value is -2.68. The van der Waals surface area contributed by atoms with Crippen molar-refractivity contribution in [3.05, 3.63) is 36.0 Å². The molecule has 2 aliphatic heterocycles. The largest absolute Gasteiger partial charge is 0.377 e. The molecule has 2 amide bonds. The lowest BCUT2D eigenvalue weighted by Crippen LogP contribution is -2.49. The molecule has 0 saturated carbocycles. The number of hydrogen-bond acceptors (Lipinski definition) is 6. The average Bonchev–Trinajstić information content (AvgIpc) is 3.29. The zero-order chi connectivity index (χ0) is 18.6. The van der Waals surface area contributed by atoms with E-state index in [1.807, 2.05) is 22.9 Å². The van der Waals surface area contributed by atoms with E-state index in [1.165, 1.54) is 0 Å². The van der Waals surface area contributed by atoms with Crippen LogP contribution in [0, 0.1) is 0 Å². The summed E-state index contributed by atoms with van der Waals surface area (Å²) in [4.78, 5) is 23.4. The SMILES string of the molecule is COCc1nc2n(n1)CC(NC(=O)NC1CCN(c3ccccn3)C1)CC2. The fourth-order valence-corrected chi connectivity index (χ4v) is 3.71. The molecule has 4 heterocycles. The van der Waals surface area contributed by atoms with Gasteiger partial charge in [-0.3, -0.25) is 0 Å². The third-order valence-corrected chi connectivity index (χ3v) is 5.01. The molecule has 144 valence electrons. The van der Waals surface area contributed by atoms with Crippen molar-refractivity contribution in [2.75, 3.05) is 25.1 Å². The summed E-state index contributed by atoms with van der Waals surface area (Å²) in [7, 11) is 1.63. The molecule has 2 aliphatic rings. The molecule has 0 radical (unpaired) electrons. The predicted octanol–water partition coefficient (Wildman–Crippen LogP) is 0.712. The smallest absolute Gasteiger partial charge is 0.315 e. The van der Waals surface area contributed by atoms with E-state index in [2.05, 4.69) is 30.6 Å². The Kier molecular flexibility index (Phi) is 5.19. The summed E-state index contributed by atoms with van der Waals surface area (Å²) in [5, 5.41) is 10.6. The van der Waals surface area contributed by atoms with Crippen LogP contribution < -0.4 is 15.5 Å². The number of anilines is 1. The van der Waals surface area contributed by atoms with Gasteiger partial charge >= 0.3 is 6.03 Å². The molecule has 9 heteroatoms. The third-order valence-electron chi connectivity index (χ3n) is 5.01. The summed E-state index contributed by atoms with van der Waals surface area (Å²) >= 11 is 0. The standard InChI is InChI=1S/C18H25N7O2/c1-27-12-15-22-17-6-5-13(11-25(17)23-15)20-18(26)21-14-7-9-24(10-14)16-4-2-3-8-19-16/h2-4,8,13-14H,5-7,9-12H2,1H3,(H2,20,21,26). The average molecular weight is 371 g/mol. The number of methoxy groups -OCH3 is 1. The molecule has 0 spiro atoms. The van der Waals surface area contributed by atoms with Crippen LogP contribution in [0.2, 0.25) is 0 Å². The van der Waals surface area contributed by atoms with Crippen molar-refractivity contribution in [3.8, 4) is 0 Å². The Labute approximate surface area is 158 Å². The van der Waals surface area contributed by atoms with Gasteiger partial charge in [-0.2, -0.15) is 5.10 Å². The molecule has 2 aromatic rings. The lowest BCUT2D eigenvalue weighted by Gasteiger charge is -2.24. The van der Waals surface area contributed by atoms with Crippen molar-refractivity contribution in [3.63, 3.8) is 0 Å². The van der Waals surface area contributed by atoms with Crippen molar-refractivity contribution in [1.29, 1.82) is 0 Å². The lowest BCUT2D eigenvalue weighted by molar-refractivity contribution is 0.177. The molecule has 9 nitrogen and oxygen atoms in total. The Morgan fingerprint density at radius 2 is 2.11 bits per heavy atom. The van der Waals surface area contributed by atoms with Gasteiger partial charge in [-0.05, 0) is 25.0 Å². The summed E-state index contributed by atoms with van der Waals surface area (Å²) in [6.07, 6.45) is 4.38. The van der Waals surface area contributed by atoms with Crippen LogP contribution in [0.1, 0.15) is 24.5 Å². The number of rotatable bonds is 5. The first-order valence-corrected chi connectivity index (χ1v) is 9.36. The second-order valence-electron chi connectivity index (χ2n) is 7.03. The fraction of sp³-hybridized carbons (Fsp3) is 0.556. The fourth-order valence-electron chi connectivity index (χ4n) is 3.71. The number of fused-ring (bicyclic) bond motifs is 1. The maximum atomic E-state index is 12.4. The highest BCUT2D eigenvalue weighted by Crippen LogP contribution is 2.17. The van der Waals surface area contributed by atoms with Gasteiger partial charge in [0.25, 0.3) is 0 Å². The molecule has 1 saturated heterocycles. The van der Waals surface area contributed by atoms with Gasteiger partial charge in [-0.15, -0.1) is 0 Å². The molecule has 2 aromatic heterocycles. The quantitative estimate of drug-likeness (QED) is 0.804. The maximum absolute atomic E-state index is 12.4. The number of nitrogens with one attached hydrogen (secondary N) is 2. The number of ether oxygens (including phenoxy) is 1. The number of pyridine rings is 1. The Bertz CT molecular complexity index is 779. The molecule has 2 N–H and O–H groups in total. The van der Waals surface area contributed by atoms with Crippen LogP contribution in [-0.2, 0) is 24.3 Å². The molecular formula is C18H25N7O2. The van der Waals surface area contributed by atoms with Gasteiger partial charge in [0, 0.05) is 38.9 Å². The van der Waals surface area contributed by atoms with Crippen molar-refractivity contribution < 1.29 is 9.53 Å². The molecule has 2 atom stereocenters. The number of carbonyl (C=O) groups is 1. The first-order valence-electron chi connectivity index (χ1n) is 9.36. The molecule has 4 rings (SSSR count). The van der Waals surface area contributed by atoms with Crippen LogP contribution in [0.5, 0.6) is 0 Å². The number of aryl methyl sites for hydroxylation is 1. The van der Waals surface area contributed by atoms with Crippen LogP contribution in [-0.4, -0.2) is 58.1 Å². The normalized spacial score (nSPS) is 21.7. The Balaban J connectivity index is 1.26. The first-order chi connectivity index (χ1) is 13.2. The molecule has 0 aromatic carbocycles. The molecule has 27 heavy (non-hydrogen) atoms. The summed E-state index contributed by atoms with van der Waals surface area (Å²) in [5.74, 6) is 2.61. The maximum Gasteiger partial charge on any atom is 0.315 e. The second-order valence-corrected chi connectivity index (χ2v) is 7.03. The van der Waals surface area contributed by atoms with E-state index in [9.17, 15) is 4.79 Å². The summed E-state index contributed by atoms with van der Waals surface area (Å²) in [5.41, 5.74) is 0. The third kappa shape index (κ3) is 4.19. The second kappa shape index (κ2) is 7.91. The van der Waals surface area contributed by atoms with E-state index in [-0.39, 0.29) is 18.1 Å². The molecule has 0 aliphatic carbocycles. The minimum Gasteiger partial charge on any atom is -0.377 e.